The molecule has 162 valence electrons. The molecule has 0 aromatic heterocycles. The van der Waals surface area contributed by atoms with Crippen LogP contribution in [0.15, 0.2) is 48.5 Å². The van der Waals surface area contributed by atoms with Gasteiger partial charge >= 0.3 is 0 Å². The van der Waals surface area contributed by atoms with Gasteiger partial charge < -0.3 is 10.1 Å². The number of carbonyl (C=O) groups excluding carboxylic acids is 1. The first-order valence-corrected chi connectivity index (χ1v) is 12.0. The van der Waals surface area contributed by atoms with Crippen molar-refractivity contribution >= 4 is 21.6 Å². The lowest BCUT2D eigenvalue weighted by Gasteiger charge is -2.18. The van der Waals surface area contributed by atoms with Crippen molar-refractivity contribution in [3.05, 3.63) is 59.7 Å². The molecule has 0 saturated carbocycles. The van der Waals surface area contributed by atoms with E-state index in [2.05, 4.69) is 17.4 Å². The van der Waals surface area contributed by atoms with E-state index in [1.165, 1.54) is 9.87 Å². The molecule has 1 aliphatic heterocycles. The SMILES string of the molecule is CC(CCc1ccc(OC(C)C)cc1)NC(=O)c1ccc(N2CCCS2(=O)=O)cc1. The van der Waals surface area contributed by atoms with Crippen LogP contribution < -0.4 is 14.4 Å². The minimum atomic E-state index is -3.21. The van der Waals surface area contributed by atoms with Gasteiger partial charge in [-0.25, -0.2) is 8.42 Å². The van der Waals surface area contributed by atoms with Gasteiger partial charge in [0.1, 0.15) is 5.75 Å². The largest absolute Gasteiger partial charge is 0.491 e. The minimum Gasteiger partial charge on any atom is -0.491 e. The van der Waals surface area contributed by atoms with Crippen molar-refractivity contribution in [3.8, 4) is 5.75 Å². The van der Waals surface area contributed by atoms with Crippen LogP contribution in [-0.2, 0) is 16.4 Å². The molecule has 0 bridgehead atoms. The van der Waals surface area contributed by atoms with Crippen LogP contribution in [0.3, 0.4) is 0 Å². The van der Waals surface area contributed by atoms with Gasteiger partial charge in [-0.2, -0.15) is 0 Å². The van der Waals surface area contributed by atoms with E-state index in [-0.39, 0.29) is 23.8 Å². The summed E-state index contributed by atoms with van der Waals surface area (Å²) >= 11 is 0. The van der Waals surface area contributed by atoms with Gasteiger partial charge in [-0.15, -0.1) is 0 Å². The van der Waals surface area contributed by atoms with Gasteiger partial charge in [-0.05, 0) is 82.0 Å². The maximum absolute atomic E-state index is 12.5. The van der Waals surface area contributed by atoms with Crippen molar-refractivity contribution < 1.29 is 17.9 Å². The molecule has 3 rings (SSSR count). The van der Waals surface area contributed by atoms with Gasteiger partial charge in [0.25, 0.3) is 5.91 Å². The van der Waals surface area contributed by atoms with Crippen molar-refractivity contribution in [2.75, 3.05) is 16.6 Å². The van der Waals surface area contributed by atoms with E-state index in [0.29, 0.717) is 24.2 Å². The van der Waals surface area contributed by atoms with Gasteiger partial charge in [0.15, 0.2) is 0 Å². The summed E-state index contributed by atoms with van der Waals surface area (Å²) in [7, 11) is -3.21. The summed E-state index contributed by atoms with van der Waals surface area (Å²) in [5.74, 6) is 0.888. The summed E-state index contributed by atoms with van der Waals surface area (Å²) in [5, 5.41) is 3.01. The lowest BCUT2D eigenvalue weighted by Crippen LogP contribution is -2.33. The molecule has 1 amide bonds. The number of sulfonamides is 1. The fraction of sp³-hybridized carbons (Fsp3) is 0.435. The first kappa shape index (κ1) is 22.2. The third-order valence-electron chi connectivity index (χ3n) is 5.06. The molecular weight excluding hydrogens is 400 g/mol. The Morgan fingerprint density at radius 2 is 1.73 bits per heavy atom. The normalized spacial score (nSPS) is 16.5. The molecule has 30 heavy (non-hydrogen) atoms. The van der Waals surface area contributed by atoms with Crippen LogP contribution in [0.5, 0.6) is 5.75 Å². The number of amides is 1. The second-order valence-electron chi connectivity index (χ2n) is 8.01. The van der Waals surface area contributed by atoms with Crippen molar-refractivity contribution in [3.63, 3.8) is 0 Å². The van der Waals surface area contributed by atoms with E-state index in [0.717, 1.165) is 18.6 Å². The van der Waals surface area contributed by atoms with Crippen LogP contribution >= 0.6 is 0 Å². The average Bonchev–Trinajstić information content (AvgIpc) is 3.06. The van der Waals surface area contributed by atoms with E-state index in [9.17, 15) is 13.2 Å². The highest BCUT2D eigenvalue weighted by atomic mass is 32.2. The molecule has 2 aromatic carbocycles. The molecule has 1 heterocycles. The first-order valence-electron chi connectivity index (χ1n) is 10.4. The predicted molar refractivity (Wildman–Crippen MR) is 120 cm³/mol. The Balaban J connectivity index is 1.50. The zero-order valence-electron chi connectivity index (χ0n) is 17.8. The van der Waals surface area contributed by atoms with Crippen molar-refractivity contribution in [2.45, 2.75) is 52.2 Å². The number of nitrogens with one attached hydrogen (secondary N) is 1. The second kappa shape index (κ2) is 9.51. The highest BCUT2D eigenvalue weighted by molar-refractivity contribution is 7.93. The van der Waals surface area contributed by atoms with Gasteiger partial charge in [-0.3, -0.25) is 9.10 Å². The van der Waals surface area contributed by atoms with Crippen molar-refractivity contribution in [2.24, 2.45) is 0 Å². The van der Waals surface area contributed by atoms with Crippen LogP contribution in [0.2, 0.25) is 0 Å². The van der Waals surface area contributed by atoms with Gasteiger partial charge in [-0.1, -0.05) is 12.1 Å². The molecular formula is C23H30N2O4S. The fourth-order valence-corrected chi connectivity index (χ4v) is 5.04. The van der Waals surface area contributed by atoms with Crippen LogP contribution in [-0.4, -0.2) is 38.8 Å². The van der Waals surface area contributed by atoms with Crippen molar-refractivity contribution in [1.29, 1.82) is 0 Å². The Morgan fingerprint density at radius 3 is 2.30 bits per heavy atom. The van der Waals surface area contributed by atoms with Gasteiger partial charge in [0, 0.05) is 18.2 Å². The Labute approximate surface area is 179 Å². The van der Waals surface area contributed by atoms with E-state index >= 15 is 0 Å². The zero-order chi connectivity index (χ0) is 21.7. The Hall–Kier alpha value is -2.54. The molecule has 1 fully saturated rings. The highest BCUT2D eigenvalue weighted by Crippen LogP contribution is 2.24. The van der Waals surface area contributed by atoms with Crippen LogP contribution in [0.4, 0.5) is 5.69 Å². The van der Waals surface area contributed by atoms with Crippen LogP contribution in [0.25, 0.3) is 0 Å². The molecule has 1 aliphatic rings. The highest BCUT2D eigenvalue weighted by Gasteiger charge is 2.28. The number of benzene rings is 2. The lowest BCUT2D eigenvalue weighted by atomic mass is 10.1. The summed E-state index contributed by atoms with van der Waals surface area (Å²) in [4.78, 5) is 12.5. The number of carbonyl (C=O) groups is 1. The molecule has 6 nitrogen and oxygen atoms in total. The monoisotopic (exact) mass is 430 g/mol. The molecule has 0 aliphatic carbocycles. The summed E-state index contributed by atoms with van der Waals surface area (Å²) in [5.41, 5.74) is 2.34. The number of hydrogen-bond donors (Lipinski definition) is 1. The van der Waals surface area contributed by atoms with E-state index < -0.39 is 10.0 Å². The Kier molecular flexibility index (Phi) is 7.02. The summed E-state index contributed by atoms with van der Waals surface area (Å²) < 4.78 is 31.1. The molecule has 1 saturated heterocycles. The number of ether oxygens (including phenoxy) is 1. The maximum atomic E-state index is 12.5. The topological polar surface area (TPSA) is 75.7 Å². The predicted octanol–water partition coefficient (Wildman–Crippen LogP) is 3.76. The smallest absolute Gasteiger partial charge is 0.251 e. The number of hydrogen-bond acceptors (Lipinski definition) is 4. The minimum absolute atomic E-state index is 0.0164. The number of rotatable bonds is 8. The second-order valence-corrected chi connectivity index (χ2v) is 10.0. The molecule has 2 aromatic rings. The average molecular weight is 431 g/mol. The Morgan fingerprint density at radius 1 is 1.07 bits per heavy atom. The summed E-state index contributed by atoms with van der Waals surface area (Å²) in [6.07, 6.45) is 2.46. The maximum Gasteiger partial charge on any atom is 0.251 e. The number of aryl methyl sites for hydroxylation is 1. The molecule has 0 radical (unpaired) electrons. The van der Waals surface area contributed by atoms with Crippen molar-refractivity contribution in [1.82, 2.24) is 5.32 Å². The Bertz CT molecular complexity index is 954. The van der Waals surface area contributed by atoms with E-state index in [1.54, 1.807) is 24.3 Å². The van der Waals surface area contributed by atoms with E-state index in [4.69, 9.17) is 4.74 Å². The lowest BCUT2D eigenvalue weighted by molar-refractivity contribution is 0.0938. The van der Waals surface area contributed by atoms with Gasteiger partial charge in [0.05, 0.1) is 17.5 Å². The molecule has 7 heteroatoms. The summed E-state index contributed by atoms with van der Waals surface area (Å²) in [6.45, 7) is 6.48. The van der Waals surface area contributed by atoms with Gasteiger partial charge in [0.2, 0.25) is 10.0 Å². The standard InChI is InChI=1S/C23H30N2O4S/c1-17(2)29-22-13-7-19(8-14-22)6-5-18(3)24-23(26)20-9-11-21(12-10-20)25-15-4-16-30(25,27)28/h7-14,17-18H,4-6,15-16H2,1-3H3,(H,24,26). The molecule has 1 unspecified atom stereocenters. The fourth-order valence-electron chi connectivity index (χ4n) is 3.48. The zero-order valence-corrected chi connectivity index (χ0v) is 18.6. The van der Waals surface area contributed by atoms with Crippen LogP contribution in [0, 0.1) is 0 Å². The quantitative estimate of drug-likeness (QED) is 0.692. The number of nitrogens with zero attached hydrogens (tertiary/aromatic N) is 1. The molecule has 1 atom stereocenters. The third-order valence-corrected chi connectivity index (χ3v) is 6.92. The summed E-state index contributed by atoms with van der Waals surface area (Å²) in [6, 6.07) is 14.8. The third kappa shape index (κ3) is 5.75. The molecule has 1 N–H and O–H groups in total. The number of anilines is 1. The molecule has 0 spiro atoms. The first-order chi connectivity index (χ1) is 14.2. The van der Waals surface area contributed by atoms with E-state index in [1.807, 2.05) is 32.9 Å². The van der Waals surface area contributed by atoms with Crippen LogP contribution in [0.1, 0.15) is 49.5 Å².